The number of carbonyl (C=O) groups is 2. The van der Waals surface area contributed by atoms with E-state index >= 15 is 0 Å². The highest BCUT2D eigenvalue weighted by Crippen LogP contribution is 2.33. The number of halogens is 1. The average molecular weight is 676 g/mol. The molecule has 0 radical (unpaired) electrons. The largest absolute Gasteiger partial charge is 0.492 e. The fourth-order valence-corrected chi connectivity index (χ4v) is 6.62. The first kappa shape index (κ1) is 35.5. The first-order chi connectivity index (χ1) is 22.5. The third-order valence-corrected chi connectivity index (χ3v) is 9.89. The highest BCUT2D eigenvalue weighted by atomic mass is 35.5. The summed E-state index contributed by atoms with van der Waals surface area (Å²) in [5, 5.41) is 3.58. The van der Waals surface area contributed by atoms with E-state index in [2.05, 4.69) is 5.32 Å². The van der Waals surface area contributed by atoms with E-state index in [0.29, 0.717) is 23.8 Å². The fourth-order valence-electron chi connectivity index (χ4n) is 5.07. The molecule has 1 N–H and O–H groups in total. The van der Waals surface area contributed by atoms with Gasteiger partial charge in [0.25, 0.3) is 10.0 Å². The van der Waals surface area contributed by atoms with E-state index in [1.54, 1.807) is 67.6 Å². The molecule has 47 heavy (non-hydrogen) atoms. The molecular formula is C37H42ClN3O5S. The van der Waals surface area contributed by atoms with Crippen LogP contribution in [-0.4, -0.2) is 50.4 Å². The van der Waals surface area contributed by atoms with Crippen molar-refractivity contribution in [2.75, 3.05) is 17.5 Å². The molecule has 0 saturated carbocycles. The maximum absolute atomic E-state index is 14.7. The number of hydrogen-bond acceptors (Lipinski definition) is 5. The van der Waals surface area contributed by atoms with Crippen LogP contribution in [0.3, 0.4) is 0 Å². The Morgan fingerprint density at radius 3 is 2.13 bits per heavy atom. The molecule has 4 rings (SSSR count). The monoisotopic (exact) mass is 675 g/mol. The molecule has 10 heteroatoms. The summed E-state index contributed by atoms with van der Waals surface area (Å²) in [5.74, 6) is -0.562. The van der Waals surface area contributed by atoms with Crippen LogP contribution < -0.4 is 14.4 Å². The maximum Gasteiger partial charge on any atom is 0.264 e. The molecule has 0 aliphatic rings. The number of nitrogens with one attached hydrogen (secondary N) is 1. The van der Waals surface area contributed by atoms with Crippen LogP contribution >= 0.6 is 11.6 Å². The number of aryl methyl sites for hydroxylation is 1. The zero-order valence-corrected chi connectivity index (χ0v) is 28.8. The van der Waals surface area contributed by atoms with Crippen LogP contribution in [0.2, 0.25) is 5.02 Å². The lowest BCUT2D eigenvalue weighted by Gasteiger charge is -2.34. The smallest absolute Gasteiger partial charge is 0.264 e. The summed E-state index contributed by atoms with van der Waals surface area (Å²) in [4.78, 5) is 30.1. The summed E-state index contributed by atoms with van der Waals surface area (Å²) in [6, 6.07) is 28.6. The van der Waals surface area contributed by atoms with Crippen LogP contribution in [-0.2, 0) is 32.6 Å². The van der Waals surface area contributed by atoms with E-state index in [1.165, 1.54) is 17.0 Å². The van der Waals surface area contributed by atoms with Gasteiger partial charge in [-0.15, -0.1) is 0 Å². The van der Waals surface area contributed by atoms with Crippen molar-refractivity contribution < 1.29 is 22.7 Å². The number of amides is 2. The molecule has 0 bridgehead atoms. The van der Waals surface area contributed by atoms with Gasteiger partial charge in [0.2, 0.25) is 11.8 Å². The SMILES string of the molecule is CCOc1ccccc1N(CC(=O)N(Cc1ccc(Cl)cc1)[C@H](Cc1ccccc1)C(=O)N[C@H](C)CC)S(=O)(=O)c1ccc(C)cc1. The van der Waals surface area contributed by atoms with Crippen LogP contribution in [0.15, 0.2) is 108 Å². The molecule has 0 fully saturated rings. The molecule has 0 saturated heterocycles. The van der Waals surface area contributed by atoms with Crippen LogP contribution in [0.1, 0.15) is 43.9 Å². The number of sulfonamides is 1. The van der Waals surface area contributed by atoms with Crippen molar-refractivity contribution >= 4 is 39.1 Å². The second-order valence-electron chi connectivity index (χ2n) is 11.4. The van der Waals surface area contributed by atoms with Gasteiger partial charge in [0.05, 0.1) is 17.2 Å². The summed E-state index contributed by atoms with van der Waals surface area (Å²) in [5.41, 5.74) is 2.71. The first-order valence-corrected chi connectivity index (χ1v) is 17.5. The molecule has 4 aromatic rings. The predicted octanol–water partition coefficient (Wildman–Crippen LogP) is 6.80. The molecule has 8 nitrogen and oxygen atoms in total. The number of nitrogens with zero attached hydrogens (tertiary/aromatic N) is 2. The molecule has 0 heterocycles. The van der Waals surface area contributed by atoms with Crippen molar-refractivity contribution in [3.63, 3.8) is 0 Å². The number of rotatable bonds is 15. The Balaban J connectivity index is 1.84. The lowest BCUT2D eigenvalue weighted by Crippen LogP contribution is -2.54. The van der Waals surface area contributed by atoms with Gasteiger partial charge >= 0.3 is 0 Å². The molecule has 4 aromatic carbocycles. The van der Waals surface area contributed by atoms with Crippen molar-refractivity contribution in [2.45, 2.75) is 64.1 Å². The molecule has 2 atom stereocenters. The summed E-state index contributed by atoms with van der Waals surface area (Å²) in [6.07, 6.45) is 0.925. The van der Waals surface area contributed by atoms with E-state index in [9.17, 15) is 18.0 Å². The van der Waals surface area contributed by atoms with Gasteiger partial charge in [0.1, 0.15) is 18.3 Å². The van der Waals surface area contributed by atoms with E-state index < -0.39 is 28.5 Å². The normalized spacial score (nSPS) is 12.5. The highest BCUT2D eigenvalue weighted by Gasteiger charge is 2.35. The fraction of sp³-hybridized carbons (Fsp3) is 0.297. The molecule has 0 aromatic heterocycles. The van der Waals surface area contributed by atoms with Gasteiger partial charge in [-0.05, 0) is 74.7 Å². The van der Waals surface area contributed by atoms with E-state index in [0.717, 1.165) is 21.0 Å². The molecule has 0 aliphatic heterocycles. The van der Waals surface area contributed by atoms with Gasteiger partial charge < -0.3 is 15.0 Å². The van der Waals surface area contributed by atoms with Crippen LogP contribution in [0.5, 0.6) is 5.75 Å². The van der Waals surface area contributed by atoms with E-state index in [-0.39, 0.29) is 35.5 Å². The predicted molar refractivity (Wildman–Crippen MR) is 187 cm³/mol. The Labute approximate surface area is 283 Å². The number of para-hydroxylation sites is 2. The average Bonchev–Trinajstić information content (AvgIpc) is 3.07. The highest BCUT2D eigenvalue weighted by molar-refractivity contribution is 7.92. The van der Waals surface area contributed by atoms with E-state index in [1.807, 2.05) is 51.1 Å². The van der Waals surface area contributed by atoms with Gasteiger partial charge in [-0.3, -0.25) is 13.9 Å². The summed E-state index contributed by atoms with van der Waals surface area (Å²) in [6.45, 7) is 7.32. The van der Waals surface area contributed by atoms with Gasteiger partial charge in [-0.1, -0.05) is 90.8 Å². The zero-order chi connectivity index (χ0) is 34.0. The summed E-state index contributed by atoms with van der Waals surface area (Å²) < 4.78 is 35.6. The maximum atomic E-state index is 14.7. The second kappa shape index (κ2) is 16.5. The van der Waals surface area contributed by atoms with Crippen molar-refractivity contribution in [3.8, 4) is 5.75 Å². The number of anilines is 1. The second-order valence-corrected chi connectivity index (χ2v) is 13.7. The Bertz CT molecular complexity index is 1730. The molecule has 0 spiro atoms. The zero-order valence-electron chi connectivity index (χ0n) is 27.2. The lowest BCUT2D eigenvalue weighted by molar-refractivity contribution is -0.140. The molecule has 0 unspecified atom stereocenters. The molecule has 248 valence electrons. The standard InChI is InChI=1S/C37H42ClN3O5S/c1-5-28(4)39-37(43)34(24-29-12-8-7-9-13-29)40(25-30-18-20-31(38)21-19-30)36(42)26-41(33-14-10-11-15-35(33)46-6-2)47(44,45)32-22-16-27(3)17-23-32/h7-23,28,34H,5-6,24-26H2,1-4H3,(H,39,43)/t28-,34-/m1/s1. The van der Waals surface area contributed by atoms with Crippen LogP contribution in [0.25, 0.3) is 0 Å². The van der Waals surface area contributed by atoms with Gasteiger partial charge in [0, 0.05) is 24.0 Å². The number of benzene rings is 4. The third kappa shape index (κ3) is 9.36. The topological polar surface area (TPSA) is 96.0 Å². The van der Waals surface area contributed by atoms with Gasteiger partial charge in [-0.2, -0.15) is 0 Å². The van der Waals surface area contributed by atoms with Crippen molar-refractivity contribution in [2.24, 2.45) is 0 Å². The van der Waals surface area contributed by atoms with Crippen LogP contribution in [0.4, 0.5) is 5.69 Å². The molecule has 0 aliphatic carbocycles. The van der Waals surface area contributed by atoms with E-state index in [4.69, 9.17) is 16.3 Å². The Hall–Kier alpha value is -4.34. The number of carbonyl (C=O) groups excluding carboxylic acids is 2. The third-order valence-electron chi connectivity index (χ3n) is 7.86. The number of ether oxygens (including phenoxy) is 1. The minimum Gasteiger partial charge on any atom is -0.492 e. The van der Waals surface area contributed by atoms with Crippen LogP contribution in [0, 0.1) is 6.92 Å². The Morgan fingerprint density at radius 2 is 1.49 bits per heavy atom. The molecular weight excluding hydrogens is 634 g/mol. The van der Waals surface area contributed by atoms with Crippen molar-refractivity contribution in [1.29, 1.82) is 0 Å². The first-order valence-electron chi connectivity index (χ1n) is 15.7. The van der Waals surface area contributed by atoms with Crippen molar-refractivity contribution in [1.82, 2.24) is 10.2 Å². The van der Waals surface area contributed by atoms with Gasteiger partial charge in [-0.25, -0.2) is 8.42 Å². The number of hydrogen-bond donors (Lipinski definition) is 1. The van der Waals surface area contributed by atoms with Crippen molar-refractivity contribution in [3.05, 3.63) is 125 Å². The summed E-state index contributed by atoms with van der Waals surface area (Å²) in [7, 11) is -4.26. The Morgan fingerprint density at radius 1 is 0.851 bits per heavy atom. The summed E-state index contributed by atoms with van der Waals surface area (Å²) >= 11 is 6.17. The van der Waals surface area contributed by atoms with Gasteiger partial charge in [0.15, 0.2) is 0 Å². The Kier molecular flexibility index (Phi) is 12.4. The quantitative estimate of drug-likeness (QED) is 0.150. The molecule has 2 amide bonds. The minimum absolute atomic E-state index is 0.0294. The lowest BCUT2D eigenvalue weighted by atomic mass is 10.0. The minimum atomic E-state index is -4.26.